The van der Waals surface area contributed by atoms with Crippen LogP contribution in [-0.2, 0) is 6.54 Å². The molecular formula is C10H13F2N3. The molecule has 0 aromatic heterocycles. The van der Waals surface area contributed by atoms with Crippen LogP contribution in [0.15, 0.2) is 23.2 Å². The monoisotopic (exact) mass is 213 g/mol. The fourth-order valence-corrected chi connectivity index (χ4v) is 1.07. The van der Waals surface area contributed by atoms with Crippen LogP contribution in [0.4, 0.5) is 8.78 Å². The summed E-state index contributed by atoms with van der Waals surface area (Å²) in [6.07, 6.45) is 0. The van der Waals surface area contributed by atoms with Crippen LogP contribution in [0.2, 0.25) is 0 Å². The number of nitrogens with one attached hydrogen (secondary N) is 1. The highest BCUT2D eigenvalue weighted by atomic mass is 19.1. The largest absolute Gasteiger partial charge is 0.370 e. The molecule has 0 amide bonds. The summed E-state index contributed by atoms with van der Waals surface area (Å²) in [6, 6.07) is 3.25. The van der Waals surface area contributed by atoms with E-state index in [0.29, 0.717) is 6.54 Å². The zero-order chi connectivity index (χ0) is 11.3. The Bertz CT molecular complexity index is 364. The van der Waals surface area contributed by atoms with Gasteiger partial charge in [-0.3, -0.25) is 0 Å². The Balaban J connectivity index is 2.72. The summed E-state index contributed by atoms with van der Waals surface area (Å²) in [5, 5.41) is 2.76. The van der Waals surface area contributed by atoms with Crippen LogP contribution in [0.1, 0.15) is 12.5 Å². The summed E-state index contributed by atoms with van der Waals surface area (Å²) in [5.74, 6) is -0.741. The van der Waals surface area contributed by atoms with Gasteiger partial charge in [0, 0.05) is 12.1 Å². The Morgan fingerprint density at radius 2 is 2.20 bits per heavy atom. The van der Waals surface area contributed by atoms with Crippen molar-refractivity contribution in [1.29, 1.82) is 0 Å². The highest BCUT2D eigenvalue weighted by Crippen LogP contribution is 2.10. The van der Waals surface area contributed by atoms with Gasteiger partial charge in [-0.25, -0.2) is 13.8 Å². The van der Waals surface area contributed by atoms with Gasteiger partial charge in [-0.15, -0.1) is 0 Å². The van der Waals surface area contributed by atoms with Crippen LogP contribution in [0, 0.1) is 11.6 Å². The molecular weight excluding hydrogens is 200 g/mol. The molecule has 0 aliphatic heterocycles. The number of nitrogens with two attached hydrogens (primary N) is 1. The van der Waals surface area contributed by atoms with E-state index in [-0.39, 0.29) is 18.1 Å². The van der Waals surface area contributed by atoms with E-state index < -0.39 is 11.6 Å². The molecule has 0 aliphatic carbocycles. The number of halogens is 2. The molecule has 0 aliphatic rings. The van der Waals surface area contributed by atoms with Crippen molar-refractivity contribution in [2.45, 2.75) is 13.5 Å². The van der Waals surface area contributed by atoms with E-state index in [9.17, 15) is 8.78 Å². The number of nitrogens with zero attached hydrogens (tertiary/aromatic N) is 1. The average molecular weight is 213 g/mol. The third-order valence-corrected chi connectivity index (χ3v) is 1.79. The number of guanidine groups is 1. The normalized spacial score (nSPS) is 11.5. The van der Waals surface area contributed by atoms with Crippen LogP contribution in [-0.4, -0.2) is 12.5 Å². The highest BCUT2D eigenvalue weighted by molar-refractivity contribution is 5.77. The third kappa shape index (κ3) is 3.53. The SMILES string of the molecule is CCNC(N)=NCc1cc(F)ccc1F. The van der Waals surface area contributed by atoms with Gasteiger partial charge >= 0.3 is 0 Å². The van der Waals surface area contributed by atoms with Crippen LogP contribution < -0.4 is 11.1 Å². The van der Waals surface area contributed by atoms with E-state index in [0.717, 1.165) is 18.2 Å². The second kappa shape index (κ2) is 5.29. The molecule has 0 unspecified atom stereocenters. The third-order valence-electron chi connectivity index (χ3n) is 1.79. The van der Waals surface area contributed by atoms with Crippen molar-refractivity contribution >= 4 is 5.96 Å². The van der Waals surface area contributed by atoms with Gasteiger partial charge in [-0.2, -0.15) is 0 Å². The zero-order valence-corrected chi connectivity index (χ0v) is 8.43. The van der Waals surface area contributed by atoms with Gasteiger partial charge in [0.2, 0.25) is 0 Å². The lowest BCUT2D eigenvalue weighted by Crippen LogP contribution is -2.31. The molecule has 82 valence electrons. The fraction of sp³-hybridized carbons (Fsp3) is 0.300. The molecule has 0 spiro atoms. The second-order valence-corrected chi connectivity index (χ2v) is 2.97. The van der Waals surface area contributed by atoms with Gasteiger partial charge in [-0.05, 0) is 25.1 Å². The summed E-state index contributed by atoms with van der Waals surface area (Å²) in [7, 11) is 0. The standard InChI is InChI=1S/C10H13F2N3/c1-2-14-10(13)15-6-7-5-8(11)3-4-9(7)12/h3-5H,2,6H2,1H3,(H3,13,14,15). The maximum absolute atomic E-state index is 13.1. The first-order chi connectivity index (χ1) is 7.13. The molecule has 3 nitrogen and oxygen atoms in total. The summed E-state index contributed by atoms with van der Waals surface area (Å²) >= 11 is 0. The van der Waals surface area contributed by atoms with Crippen LogP contribution in [0.3, 0.4) is 0 Å². The second-order valence-electron chi connectivity index (χ2n) is 2.97. The molecule has 3 N–H and O–H groups in total. The summed E-state index contributed by atoms with van der Waals surface area (Å²) in [6.45, 7) is 2.54. The topological polar surface area (TPSA) is 50.4 Å². The number of rotatable bonds is 3. The quantitative estimate of drug-likeness (QED) is 0.589. The number of hydrogen-bond acceptors (Lipinski definition) is 1. The molecule has 0 atom stereocenters. The van der Waals surface area contributed by atoms with E-state index in [2.05, 4.69) is 10.3 Å². The zero-order valence-electron chi connectivity index (χ0n) is 8.43. The molecule has 0 saturated carbocycles. The molecule has 0 bridgehead atoms. The highest BCUT2D eigenvalue weighted by Gasteiger charge is 2.02. The predicted molar refractivity (Wildman–Crippen MR) is 55.4 cm³/mol. The predicted octanol–water partition coefficient (Wildman–Crippen LogP) is 1.39. The van der Waals surface area contributed by atoms with Crippen LogP contribution >= 0.6 is 0 Å². The van der Waals surface area contributed by atoms with Crippen molar-refractivity contribution < 1.29 is 8.78 Å². The summed E-state index contributed by atoms with van der Waals surface area (Å²) in [4.78, 5) is 3.86. The van der Waals surface area contributed by atoms with Crippen molar-refractivity contribution in [3.05, 3.63) is 35.4 Å². The van der Waals surface area contributed by atoms with E-state index in [1.54, 1.807) is 0 Å². The molecule has 0 saturated heterocycles. The van der Waals surface area contributed by atoms with E-state index in [1.165, 1.54) is 0 Å². The Kier molecular flexibility index (Phi) is 4.03. The van der Waals surface area contributed by atoms with E-state index >= 15 is 0 Å². The Hall–Kier alpha value is -1.65. The molecule has 15 heavy (non-hydrogen) atoms. The molecule has 1 rings (SSSR count). The maximum atomic E-state index is 13.1. The van der Waals surface area contributed by atoms with E-state index in [1.807, 2.05) is 6.92 Å². The van der Waals surface area contributed by atoms with Crippen molar-refractivity contribution in [1.82, 2.24) is 5.32 Å². The Morgan fingerprint density at radius 1 is 1.47 bits per heavy atom. The molecule has 0 fully saturated rings. The summed E-state index contributed by atoms with van der Waals surface area (Å²) < 4.78 is 25.9. The molecule has 0 heterocycles. The van der Waals surface area contributed by atoms with Crippen LogP contribution in [0.25, 0.3) is 0 Å². The number of aliphatic imine (C=N–C) groups is 1. The van der Waals surface area contributed by atoms with Crippen molar-refractivity contribution in [3.63, 3.8) is 0 Å². The smallest absolute Gasteiger partial charge is 0.188 e. The van der Waals surface area contributed by atoms with Crippen molar-refractivity contribution in [3.8, 4) is 0 Å². The first-order valence-electron chi connectivity index (χ1n) is 4.61. The van der Waals surface area contributed by atoms with Gasteiger partial charge in [0.05, 0.1) is 6.54 Å². The lowest BCUT2D eigenvalue weighted by atomic mass is 10.2. The number of hydrogen-bond donors (Lipinski definition) is 2. The lowest BCUT2D eigenvalue weighted by molar-refractivity contribution is 0.585. The first kappa shape index (κ1) is 11.4. The van der Waals surface area contributed by atoms with Gasteiger partial charge < -0.3 is 11.1 Å². The van der Waals surface area contributed by atoms with Crippen molar-refractivity contribution in [2.24, 2.45) is 10.7 Å². The maximum Gasteiger partial charge on any atom is 0.188 e. The number of benzene rings is 1. The molecule has 1 aromatic rings. The van der Waals surface area contributed by atoms with Gasteiger partial charge in [0.1, 0.15) is 11.6 Å². The van der Waals surface area contributed by atoms with Crippen molar-refractivity contribution in [2.75, 3.05) is 6.54 Å². The van der Waals surface area contributed by atoms with Gasteiger partial charge in [-0.1, -0.05) is 0 Å². The minimum Gasteiger partial charge on any atom is -0.370 e. The Morgan fingerprint density at radius 3 is 2.87 bits per heavy atom. The Labute approximate surface area is 87.0 Å². The van der Waals surface area contributed by atoms with E-state index in [4.69, 9.17) is 5.73 Å². The fourth-order valence-electron chi connectivity index (χ4n) is 1.07. The van der Waals surface area contributed by atoms with Crippen LogP contribution in [0.5, 0.6) is 0 Å². The minimum absolute atomic E-state index is 0.0302. The summed E-state index contributed by atoms with van der Waals surface area (Å²) in [5.41, 5.74) is 5.63. The van der Waals surface area contributed by atoms with Gasteiger partial charge in [0.25, 0.3) is 0 Å². The molecule has 1 aromatic carbocycles. The minimum atomic E-state index is -0.483. The average Bonchev–Trinajstić information content (AvgIpc) is 2.20. The first-order valence-corrected chi connectivity index (χ1v) is 4.61. The lowest BCUT2D eigenvalue weighted by Gasteiger charge is -2.03. The molecule has 5 heteroatoms. The van der Waals surface area contributed by atoms with Gasteiger partial charge in [0.15, 0.2) is 5.96 Å². The molecule has 0 radical (unpaired) electrons.